The van der Waals surface area contributed by atoms with Crippen molar-refractivity contribution in [3.05, 3.63) is 29.9 Å². The number of carbonyl (C=O) groups is 2. The molecule has 1 aromatic carbocycles. The summed E-state index contributed by atoms with van der Waals surface area (Å²) in [4.78, 5) is 31.6. The van der Waals surface area contributed by atoms with Crippen LogP contribution in [0.15, 0.2) is 22.7 Å². The lowest BCUT2D eigenvalue weighted by molar-refractivity contribution is -0.120. The lowest BCUT2D eigenvalue weighted by Gasteiger charge is -2.26. The second-order valence-corrected chi connectivity index (χ2v) is 6.89. The number of urea groups is 1. The summed E-state index contributed by atoms with van der Waals surface area (Å²) >= 11 is 0. The number of nitrogens with zero attached hydrogens (tertiary/aromatic N) is 4. The van der Waals surface area contributed by atoms with E-state index in [1.807, 2.05) is 0 Å². The number of fused-ring (bicyclic) bond motifs is 1. The van der Waals surface area contributed by atoms with Crippen molar-refractivity contribution >= 4 is 23.3 Å². The predicted molar refractivity (Wildman–Crippen MR) is 96.7 cm³/mol. The van der Waals surface area contributed by atoms with Crippen molar-refractivity contribution in [2.24, 2.45) is 0 Å². The molecule has 9 nitrogen and oxygen atoms in total. The standard InChI is InChI=1S/C18H21N5O4/c1-22(9-15-20-17(27-21-15)11-4-3-5-11)18(25)19-12-6-7-14-13(8-12)23(2)16(24)10-26-14/h6-8,11H,3-5,9-10H2,1-2H3,(H,19,25). The summed E-state index contributed by atoms with van der Waals surface area (Å²) in [6.07, 6.45) is 3.35. The first-order chi connectivity index (χ1) is 13.0. The molecule has 27 heavy (non-hydrogen) atoms. The van der Waals surface area contributed by atoms with E-state index in [2.05, 4.69) is 15.5 Å². The van der Waals surface area contributed by atoms with Crippen molar-refractivity contribution in [1.29, 1.82) is 0 Å². The Kier molecular flexibility index (Phi) is 4.43. The van der Waals surface area contributed by atoms with Crippen molar-refractivity contribution in [3.8, 4) is 5.75 Å². The Morgan fingerprint density at radius 1 is 1.41 bits per heavy atom. The fourth-order valence-electron chi connectivity index (χ4n) is 3.01. The minimum absolute atomic E-state index is 0.0193. The van der Waals surface area contributed by atoms with Crippen LogP contribution in [0.4, 0.5) is 16.2 Å². The van der Waals surface area contributed by atoms with E-state index in [0.29, 0.717) is 34.8 Å². The molecule has 1 saturated carbocycles. The zero-order valence-electron chi connectivity index (χ0n) is 15.3. The quantitative estimate of drug-likeness (QED) is 0.885. The van der Waals surface area contributed by atoms with Gasteiger partial charge in [-0.2, -0.15) is 4.98 Å². The molecule has 0 atom stereocenters. The molecule has 1 aliphatic carbocycles. The fourth-order valence-corrected chi connectivity index (χ4v) is 3.01. The van der Waals surface area contributed by atoms with Crippen LogP contribution in [0.2, 0.25) is 0 Å². The number of aromatic nitrogens is 2. The second kappa shape index (κ2) is 6.90. The summed E-state index contributed by atoms with van der Waals surface area (Å²) in [6, 6.07) is 4.87. The molecule has 2 heterocycles. The number of ether oxygens (including phenoxy) is 1. The third kappa shape index (κ3) is 3.44. The van der Waals surface area contributed by atoms with Gasteiger partial charge in [0.2, 0.25) is 5.89 Å². The van der Waals surface area contributed by atoms with E-state index in [1.54, 1.807) is 32.3 Å². The number of hydrogen-bond acceptors (Lipinski definition) is 6. The zero-order chi connectivity index (χ0) is 19.0. The Morgan fingerprint density at radius 3 is 2.96 bits per heavy atom. The summed E-state index contributed by atoms with van der Waals surface area (Å²) in [5.74, 6) is 1.98. The van der Waals surface area contributed by atoms with Crippen molar-refractivity contribution in [1.82, 2.24) is 15.0 Å². The highest BCUT2D eigenvalue weighted by Crippen LogP contribution is 2.35. The van der Waals surface area contributed by atoms with Gasteiger partial charge in [-0.25, -0.2) is 4.79 Å². The van der Waals surface area contributed by atoms with Crippen molar-refractivity contribution < 1.29 is 18.8 Å². The number of carbonyl (C=O) groups excluding carboxylic acids is 2. The van der Waals surface area contributed by atoms with Crippen LogP contribution in [0.5, 0.6) is 5.75 Å². The smallest absolute Gasteiger partial charge is 0.321 e. The molecule has 1 aliphatic heterocycles. The highest BCUT2D eigenvalue weighted by Gasteiger charge is 2.26. The van der Waals surface area contributed by atoms with Crippen LogP contribution >= 0.6 is 0 Å². The van der Waals surface area contributed by atoms with Crippen LogP contribution in [-0.4, -0.2) is 47.7 Å². The third-order valence-electron chi connectivity index (χ3n) is 4.96. The van der Waals surface area contributed by atoms with Crippen molar-refractivity contribution in [2.75, 3.05) is 30.9 Å². The Bertz CT molecular complexity index is 876. The summed E-state index contributed by atoms with van der Waals surface area (Å²) in [5, 5.41) is 6.76. The van der Waals surface area contributed by atoms with E-state index in [0.717, 1.165) is 12.8 Å². The zero-order valence-corrected chi connectivity index (χ0v) is 15.3. The molecule has 3 amide bonds. The first kappa shape index (κ1) is 17.3. The Labute approximate surface area is 156 Å². The maximum Gasteiger partial charge on any atom is 0.321 e. The van der Waals surface area contributed by atoms with E-state index < -0.39 is 0 Å². The highest BCUT2D eigenvalue weighted by molar-refractivity contribution is 5.99. The number of nitrogens with one attached hydrogen (secondary N) is 1. The van der Waals surface area contributed by atoms with Gasteiger partial charge in [0.15, 0.2) is 12.4 Å². The van der Waals surface area contributed by atoms with E-state index in [9.17, 15) is 9.59 Å². The van der Waals surface area contributed by atoms with Crippen molar-refractivity contribution in [2.45, 2.75) is 31.7 Å². The van der Waals surface area contributed by atoms with Gasteiger partial charge in [0, 0.05) is 25.7 Å². The Hall–Kier alpha value is -3.10. The molecule has 1 aromatic heterocycles. The molecular formula is C18H21N5O4. The van der Waals surface area contributed by atoms with Gasteiger partial charge in [-0.1, -0.05) is 11.6 Å². The molecule has 2 aromatic rings. The minimum atomic E-state index is -0.310. The number of benzene rings is 1. The van der Waals surface area contributed by atoms with Crippen LogP contribution in [0.1, 0.15) is 36.9 Å². The molecule has 142 valence electrons. The molecule has 1 N–H and O–H groups in total. The molecule has 0 spiro atoms. The molecular weight excluding hydrogens is 350 g/mol. The minimum Gasteiger partial charge on any atom is -0.482 e. The van der Waals surface area contributed by atoms with Crippen molar-refractivity contribution in [3.63, 3.8) is 0 Å². The molecule has 0 bridgehead atoms. The summed E-state index contributed by atoms with van der Waals surface area (Å²) < 4.78 is 10.7. The second-order valence-electron chi connectivity index (χ2n) is 6.89. The van der Waals surface area contributed by atoms with Crippen LogP contribution < -0.4 is 15.0 Å². The predicted octanol–water partition coefficient (Wildman–Crippen LogP) is 2.36. The van der Waals surface area contributed by atoms with Gasteiger partial charge in [0.1, 0.15) is 5.75 Å². The topological polar surface area (TPSA) is 101 Å². The first-order valence-electron chi connectivity index (χ1n) is 8.89. The van der Waals surface area contributed by atoms with Crippen LogP contribution in [0.3, 0.4) is 0 Å². The van der Waals surface area contributed by atoms with Gasteiger partial charge in [-0.15, -0.1) is 0 Å². The summed E-state index contributed by atoms with van der Waals surface area (Å²) in [5.41, 5.74) is 1.19. The number of hydrogen-bond donors (Lipinski definition) is 1. The molecule has 0 radical (unpaired) electrons. The highest BCUT2D eigenvalue weighted by atomic mass is 16.5. The Balaban J connectivity index is 1.39. The number of anilines is 2. The van der Waals surface area contributed by atoms with E-state index >= 15 is 0 Å². The van der Waals surface area contributed by atoms with Gasteiger partial charge in [0.25, 0.3) is 5.91 Å². The molecule has 0 unspecified atom stereocenters. The largest absolute Gasteiger partial charge is 0.482 e. The molecule has 0 saturated heterocycles. The van der Waals surface area contributed by atoms with Gasteiger partial charge in [-0.05, 0) is 31.0 Å². The average molecular weight is 371 g/mol. The molecule has 4 rings (SSSR count). The van der Waals surface area contributed by atoms with Crippen LogP contribution in [0.25, 0.3) is 0 Å². The van der Waals surface area contributed by atoms with Crippen LogP contribution in [0, 0.1) is 0 Å². The normalized spacial score (nSPS) is 16.4. The third-order valence-corrected chi connectivity index (χ3v) is 4.96. The van der Waals surface area contributed by atoms with Gasteiger partial charge in [-0.3, -0.25) is 4.79 Å². The van der Waals surface area contributed by atoms with Gasteiger partial charge >= 0.3 is 6.03 Å². The summed E-state index contributed by atoms with van der Waals surface area (Å²) in [7, 11) is 3.34. The SMILES string of the molecule is CN(Cc1noc(C2CCC2)n1)C(=O)Nc1ccc2c(c1)N(C)C(=O)CO2. The number of amides is 3. The lowest BCUT2D eigenvalue weighted by atomic mass is 9.85. The maximum absolute atomic E-state index is 12.5. The summed E-state index contributed by atoms with van der Waals surface area (Å²) in [6.45, 7) is 0.264. The fraction of sp³-hybridized carbons (Fsp3) is 0.444. The monoisotopic (exact) mass is 371 g/mol. The Morgan fingerprint density at radius 2 is 2.22 bits per heavy atom. The average Bonchev–Trinajstić information content (AvgIpc) is 3.04. The molecule has 2 aliphatic rings. The molecule has 1 fully saturated rings. The number of likely N-dealkylation sites (N-methyl/N-ethyl adjacent to an activating group) is 1. The molecule has 9 heteroatoms. The van der Waals surface area contributed by atoms with Gasteiger partial charge < -0.3 is 24.4 Å². The first-order valence-corrected chi connectivity index (χ1v) is 8.89. The van der Waals surface area contributed by atoms with E-state index in [1.165, 1.54) is 16.2 Å². The van der Waals surface area contributed by atoms with Gasteiger partial charge in [0.05, 0.1) is 12.2 Å². The lowest BCUT2D eigenvalue weighted by Crippen LogP contribution is -2.35. The number of rotatable bonds is 4. The van der Waals surface area contributed by atoms with Crippen LogP contribution in [-0.2, 0) is 11.3 Å². The maximum atomic E-state index is 12.5. The van der Waals surface area contributed by atoms with E-state index in [4.69, 9.17) is 9.26 Å². The van der Waals surface area contributed by atoms with E-state index in [-0.39, 0.29) is 25.1 Å².